The quantitative estimate of drug-likeness (QED) is 0.516. The number of ether oxygens (including phenoxy) is 2. The van der Waals surface area contributed by atoms with Gasteiger partial charge >= 0.3 is 6.18 Å². The number of pyridine rings is 1. The molecule has 0 spiro atoms. The number of carbonyl (C=O) groups is 1. The van der Waals surface area contributed by atoms with E-state index in [0.29, 0.717) is 12.8 Å². The first-order valence-electron chi connectivity index (χ1n) is 8.83. The summed E-state index contributed by atoms with van der Waals surface area (Å²) in [7, 11) is 1.45. The van der Waals surface area contributed by atoms with Crippen molar-refractivity contribution in [1.29, 1.82) is 0 Å². The van der Waals surface area contributed by atoms with Gasteiger partial charge in [-0.25, -0.2) is 14.4 Å². The van der Waals surface area contributed by atoms with Crippen LogP contribution in [0.1, 0.15) is 26.7 Å². The van der Waals surface area contributed by atoms with Crippen molar-refractivity contribution in [2.75, 3.05) is 12.5 Å². The second-order valence-corrected chi connectivity index (χ2v) is 7.19. The van der Waals surface area contributed by atoms with Crippen LogP contribution in [0.4, 0.5) is 23.4 Å². The van der Waals surface area contributed by atoms with E-state index in [-0.39, 0.29) is 23.0 Å². The highest BCUT2D eigenvalue weighted by molar-refractivity contribution is 5.88. The summed E-state index contributed by atoms with van der Waals surface area (Å²) >= 11 is 0. The Hall–Kier alpha value is -3.02. The van der Waals surface area contributed by atoms with Gasteiger partial charge in [0.15, 0.2) is 17.2 Å². The van der Waals surface area contributed by atoms with Gasteiger partial charge in [-0.2, -0.15) is 13.2 Å². The zero-order valence-electron chi connectivity index (χ0n) is 16.3. The number of rotatable bonds is 7. The number of amides is 1. The standard InChI is InChI=1S/C18H19F4N5O3/c1-16(2,18(20,21)22)30-14-11(19)6-10(7-25-14)12-8-24-13(9-23-12)26-27-15(28)17(29-3)4-5-17/h6-9H,4-5H2,1-3H3,(H,24,26)(H,27,28). The van der Waals surface area contributed by atoms with Gasteiger partial charge in [-0.15, -0.1) is 0 Å². The zero-order chi connectivity index (χ0) is 22.2. The third-order valence-electron chi connectivity index (χ3n) is 4.60. The third kappa shape index (κ3) is 4.42. The zero-order valence-corrected chi connectivity index (χ0v) is 16.3. The van der Waals surface area contributed by atoms with E-state index in [2.05, 4.69) is 25.8 Å². The molecule has 0 radical (unpaired) electrons. The van der Waals surface area contributed by atoms with Gasteiger partial charge in [0.2, 0.25) is 0 Å². The predicted molar refractivity (Wildman–Crippen MR) is 96.7 cm³/mol. The molecule has 8 nitrogen and oxygen atoms in total. The molecule has 162 valence electrons. The lowest BCUT2D eigenvalue weighted by Gasteiger charge is -2.28. The number of nitrogens with zero attached hydrogens (tertiary/aromatic N) is 3. The van der Waals surface area contributed by atoms with Gasteiger partial charge in [0.25, 0.3) is 11.8 Å². The third-order valence-corrected chi connectivity index (χ3v) is 4.60. The monoisotopic (exact) mass is 429 g/mol. The molecular weight excluding hydrogens is 410 g/mol. The Morgan fingerprint density at radius 1 is 1.13 bits per heavy atom. The summed E-state index contributed by atoms with van der Waals surface area (Å²) in [6.07, 6.45) is 0.247. The van der Waals surface area contributed by atoms with E-state index in [1.165, 1.54) is 19.5 Å². The van der Waals surface area contributed by atoms with Crippen LogP contribution in [0.2, 0.25) is 0 Å². The Labute approximate surface area is 169 Å². The van der Waals surface area contributed by atoms with Crippen molar-refractivity contribution in [2.24, 2.45) is 0 Å². The molecule has 0 unspecified atom stereocenters. The minimum Gasteiger partial charge on any atom is -0.460 e. The normalized spacial score (nSPS) is 15.4. The van der Waals surface area contributed by atoms with Gasteiger partial charge in [-0.1, -0.05) is 0 Å². The second kappa shape index (κ2) is 7.67. The first-order chi connectivity index (χ1) is 14.0. The smallest absolute Gasteiger partial charge is 0.427 e. The van der Waals surface area contributed by atoms with Crippen LogP contribution in [0.3, 0.4) is 0 Å². The average molecular weight is 429 g/mol. The van der Waals surface area contributed by atoms with E-state index in [4.69, 9.17) is 9.47 Å². The van der Waals surface area contributed by atoms with Crippen molar-refractivity contribution in [3.63, 3.8) is 0 Å². The number of hydrogen-bond donors (Lipinski definition) is 2. The summed E-state index contributed by atoms with van der Waals surface area (Å²) < 4.78 is 62.8. The van der Waals surface area contributed by atoms with Crippen molar-refractivity contribution in [3.8, 4) is 17.1 Å². The molecule has 0 aliphatic heterocycles. The van der Waals surface area contributed by atoms with Gasteiger partial charge in [0, 0.05) is 18.9 Å². The lowest BCUT2D eigenvalue weighted by Crippen LogP contribution is -2.45. The minimum absolute atomic E-state index is 0.184. The molecular formula is C18H19F4N5O3. The first-order valence-corrected chi connectivity index (χ1v) is 8.83. The molecule has 2 heterocycles. The fourth-order valence-corrected chi connectivity index (χ4v) is 2.35. The molecule has 30 heavy (non-hydrogen) atoms. The lowest BCUT2D eigenvalue weighted by atomic mass is 10.1. The van der Waals surface area contributed by atoms with E-state index in [9.17, 15) is 22.4 Å². The number of hydrogen-bond acceptors (Lipinski definition) is 7. The van der Waals surface area contributed by atoms with Crippen molar-refractivity contribution in [1.82, 2.24) is 20.4 Å². The molecule has 0 saturated heterocycles. The Morgan fingerprint density at radius 2 is 1.83 bits per heavy atom. The SMILES string of the molecule is COC1(C(=O)NNc2cnc(-c3cnc(OC(C)(C)C(F)(F)F)c(F)c3)cn2)CC1. The maximum absolute atomic E-state index is 14.2. The summed E-state index contributed by atoms with van der Waals surface area (Å²) in [5.74, 6) is -1.96. The highest BCUT2D eigenvalue weighted by Gasteiger charge is 2.51. The molecule has 1 aliphatic rings. The molecule has 2 N–H and O–H groups in total. The van der Waals surface area contributed by atoms with Crippen LogP contribution in [0.25, 0.3) is 11.3 Å². The number of nitrogens with one attached hydrogen (secondary N) is 2. The minimum atomic E-state index is -4.70. The number of anilines is 1. The highest BCUT2D eigenvalue weighted by atomic mass is 19.4. The number of halogens is 4. The topological polar surface area (TPSA) is 98.3 Å². The van der Waals surface area contributed by atoms with Crippen LogP contribution >= 0.6 is 0 Å². The van der Waals surface area contributed by atoms with Gasteiger partial charge in [0.05, 0.1) is 18.1 Å². The summed E-state index contributed by atoms with van der Waals surface area (Å²) in [5, 5.41) is 0. The fraction of sp³-hybridized carbons (Fsp3) is 0.444. The molecule has 2 aromatic rings. The molecule has 2 aromatic heterocycles. The Bertz CT molecular complexity index is 930. The fourth-order valence-electron chi connectivity index (χ4n) is 2.35. The van der Waals surface area contributed by atoms with E-state index in [0.717, 1.165) is 26.1 Å². The Kier molecular flexibility index (Phi) is 5.54. The molecule has 3 rings (SSSR count). The summed E-state index contributed by atoms with van der Waals surface area (Å²) in [6, 6.07) is 0.948. The van der Waals surface area contributed by atoms with Crippen LogP contribution in [-0.2, 0) is 9.53 Å². The van der Waals surface area contributed by atoms with Gasteiger partial charge in [-0.3, -0.25) is 20.6 Å². The van der Waals surface area contributed by atoms with Crippen molar-refractivity contribution in [2.45, 2.75) is 44.1 Å². The summed E-state index contributed by atoms with van der Waals surface area (Å²) in [5.41, 5.74) is 2.04. The summed E-state index contributed by atoms with van der Waals surface area (Å²) in [4.78, 5) is 23.7. The van der Waals surface area contributed by atoms with E-state index < -0.39 is 29.1 Å². The molecule has 12 heteroatoms. The van der Waals surface area contributed by atoms with Crippen molar-refractivity contribution in [3.05, 3.63) is 30.5 Å². The lowest BCUT2D eigenvalue weighted by molar-refractivity contribution is -0.235. The van der Waals surface area contributed by atoms with Gasteiger partial charge < -0.3 is 9.47 Å². The second-order valence-electron chi connectivity index (χ2n) is 7.19. The molecule has 1 fully saturated rings. The molecule has 0 aromatic carbocycles. The number of hydrazine groups is 1. The van der Waals surface area contributed by atoms with Crippen LogP contribution in [0.5, 0.6) is 5.88 Å². The van der Waals surface area contributed by atoms with Gasteiger partial charge in [0.1, 0.15) is 5.60 Å². The van der Waals surface area contributed by atoms with Crippen LogP contribution < -0.4 is 15.6 Å². The molecule has 1 amide bonds. The van der Waals surface area contributed by atoms with Crippen molar-refractivity contribution >= 4 is 11.7 Å². The number of carbonyl (C=O) groups excluding carboxylic acids is 1. The van der Waals surface area contributed by atoms with Crippen molar-refractivity contribution < 1.29 is 31.8 Å². The average Bonchev–Trinajstić information content (AvgIpc) is 3.48. The largest absolute Gasteiger partial charge is 0.460 e. The Morgan fingerprint density at radius 3 is 2.33 bits per heavy atom. The molecule has 0 bridgehead atoms. The molecule has 0 atom stereocenters. The van der Waals surface area contributed by atoms with E-state index in [1.54, 1.807) is 0 Å². The number of alkyl halides is 3. The predicted octanol–water partition coefficient (Wildman–Crippen LogP) is 3.02. The number of methoxy groups -OCH3 is 1. The van der Waals surface area contributed by atoms with Crippen LogP contribution in [0.15, 0.2) is 24.7 Å². The van der Waals surface area contributed by atoms with E-state index in [1.807, 2.05) is 0 Å². The van der Waals surface area contributed by atoms with E-state index >= 15 is 0 Å². The maximum atomic E-state index is 14.2. The Balaban J connectivity index is 1.66. The molecule has 1 saturated carbocycles. The number of aromatic nitrogens is 3. The molecule has 1 aliphatic carbocycles. The van der Waals surface area contributed by atoms with Crippen LogP contribution in [-0.4, -0.2) is 45.3 Å². The maximum Gasteiger partial charge on any atom is 0.427 e. The highest BCUT2D eigenvalue weighted by Crippen LogP contribution is 2.39. The van der Waals surface area contributed by atoms with Gasteiger partial charge in [-0.05, 0) is 32.8 Å². The first kappa shape index (κ1) is 21.7. The van der Waals surface area contributed by atoms with Crippen LogP contribution in [0, 0.1) is 5.82 Å². The summed E-state index contributed by atoms with van der Waals surface area (Å²) in [6.45, 7) is 1.55.